The second-order valence-corrected chi connectivity index (χ2v) is 8.29. The number of hydrogen-bond donors (Lipinski definition) is 0. The van der Waals surface area contributed by atoms with Crippen molar-refractivity contribution in [2.75, 3.05) is 19.6 Å². The molecule has 5 heteroatoms. The largest absolute Gasteiger partial charge is 0.297 e. The Morgan fingerprint density at radius 2 is 2.00 bits per heavy atom. The van der Waals surface area contributed by atoms with Crippen molar-refractivity contribution in [1.82, 2.24) is 9.21 Å². The van der Waals surface area contributed by atoms with Crippen molar-refractivity contribution in [1.29, 1.82) is 0 Å². The molecule has 0 aliphatic carbocycles. The van der Waals surface area contributed by atoms with Crippen LogP contribution in [0.4, 0.5) is 0 Å². The summed E-state index contributed by atoms with van der Waals surface area (Å²) in [5.74, 6) is 0. The van der Waals surface area contributed by atoms with Crippen molar-refractivity contribution in [2.24, 2.45) is 0 Å². The maximum Gasteiger partial charge on any atom is 0.264 e. The van der Waals surface area contributed by atoms with Crippen molar-refractivity contribution < 1.29 is 8.42 Å². The Balaban J connectivity index is 2.11. The van der Waals surface area contributed by atoms with Gasteiger partial charge in [-0.25, -0.2) is 8.42 Å². The van der Waals surface area contributed by atoms with E-state index < -0.39 is 10.0 Å². The minimum Gasteiger partial charge on any atom is -0.297 e. The van der Waals surface area contributed by atoms with Gasteiger partial charge in [0, 0.05) is 18.8 Å². The van der Waals surface area contributed by atoms with Gasteiger partial charge in [-0.2, -0.15) is 0 Å². The Hall–Kier alpha value is -1.59. The number of likely N-dealkylation sites (tertiary alicyclic amines) is 1. The molecule has 2 rings (SSSR count). The van der Waals surface area contributed by atoms with Gasteiger partial charge in [0.1, 0.15) is 0 Å². The average Bonchev–Trinajstić information content (AvgIpc) is 2.56. The van der Waals surface area contributed by atoms with Crippen molar-refractivity contribution in [3.63, 3.8) is 0 Å². The number of sulfonamides is 1. The van der Waals surface area contributed by atoms with E-state index in [0.717, 1.165) is 18.7 Å². The van der Waals surface area contributed by atoms with Gasteiger partial charge in [0.25, 0.3) is 10.0 Å². The smallest absolute Gasteiger partial charge is 0.264 e. The third kappa shape index (κ3) is 4.71. The standard InChI is InChI=1S/C19H28N2O2S/c1-4-13-21(16-7-15-20-14-6-5-8-18(20)3)24(22,23)19-11-9-17(2)10-12-19/h4,7,9-12,16,18H,1,5-6,8,13-15H2,2-3H3/b16-7+. The lowest BCUT2D eigenvalue weighted by molar-refractivity contribution is 0.178. The summed E-state index contributed by atoms with van der Waals surface area (Å²) in [7, 11) is -3.54. The lowest BCUT2D eigenvalue weighted by Gasteiger charge is -2.32. The van der Waals surface area contributed by atoms with Crippen LogP contribution in [0.5, 0.6) is 0 Å². The van der Waals surface area contributed by atoms with Crippen LogP contribution in [0.1, 0.15) is 31.7 Å². The van der Waals surface area contributed by atoms with E-state index in [1.165, 1.54) is 23.6 Å². The maximum atomic E-state index is 12.8. The van der Waals surface area contributed by atoms with E-state index in [9.17, 15) is 8.42 Å². The zero-order chi connectivity index (χ0) is 17.6. The SMILES string of the molecule is C=CCN(/C=C/CN1CCCCC1C)S(=O)(=O)c1ccc(C)cc1. The summed E-state index contributed by atoms with van der Waals surface area (Å²) in [5, 5.41) is 0. The van der Waals surface area contributed by atoms with Gasteiger partial charge in [-0.1, -0.05) is 36.3 Å². The summed E-state index contributed by atoms with van der Waals surface area (Å²) in [6, 6.07) is 7.50. The molecule has 1 aliphatic heterocycles. The molecule has 24 heavy (non-hydrogen) atoms. The van der Waals surface area contributed by atoms with Crippen LogP contribution in [-0.2, 0) is 10.0 Å². The molecule has 1 atom stereocenters. The summed E-state index contributed by atoms with van der Waals surface area (Å²) >= 11 is 0. The molecule has 132 valence electrons. The molecule has 1 aromatic carbocycles. The van der Waals surface area contributed by atoms with Crippen LogP contribution in [0.3, 0.4) is 0 Å². The predicted octanol–water partition coefficient (Wildman–Crippen LogP) is 3.56. The minimum atomic E-state index is -3.54. The molecule has 0 amide bonds. The van der Waals surface area contributed by atoms with Gasteiger partial charge >= 0.3 is 0 Å². The maximum absolute atomic E-state index is 12.8. The van der Waals surface area contributed by atoms with Crippen LogP contribution >= 0.6 is 0 Å². The fourth-order valence-corrected chi connectivity index (χ4v) is 4.24. The minimum absolute atomic E-state index is 0.266. The monoisotopic (exact) mass is 348 g/mol. The van der Waals surface area contributed by atoms with E-state index in [0.29, 0.717) is 10.9 Å². The van der Waals surface area contributed by atoms with E-state index >= 15 is 0 Å². The topological polar surface area (TPSA) is 40.6 Å². The molecule has 1 unspecified atom stereocenters. The molecule has 1 fully saturated rings. The van der Waals surface area contributed by atoms with Crippen LogP contribution in [0.25, 0.3) is 0 Å². The van der Waals surface area contributed by atoms with Crippen molar-refractivity contribution >= 4 is 10.0 Å². The van der Waals surface area contributed by atoms with Crippen LogP contribution < -0.4 is 0 Å². The Morgan fingerprint density at radius 1 is 1.29 bits per heavy atom. The third-order valence-electron chi connectivity index (χ3n) is 4.49. The van der Waals surface area contributed by atoms with Gasteiger partial charge in [-0.3, -0.25) is 9.21 Å². The molecule has 0 radical (unpaired) electrons. The van der Waals surface area contributed by atoms with E-state index in [-0.39, 0.29) is 6.54 Å². The van der Waals surface area contributed by atoms with Crippen molar-refractivity contribution in [3.05, 3.63) is 54.8 Å². The first-order valence-corrected chi connectivity index (χ1v) is 9.99. The highest BCUT2D eigenvalue weighted by atomic mass is 32.2. The molecular weight excluding hydrogens is 320 g/mol. The number of aryl methyl sites for hydroxylation is 1. The average molecular weight is 349 g/mol. The van der Waals surface area contributed by atoms with Crippen LogP contribution in [0.15, 0.2) is 54.1 Å². The summed E-state index contributed by atoms with van der Waals surface area (Å²) in [5.41, 5.74) is 1.04. The first-order chi connectivity index (χ1) is 11.4. The summed E-state index contributed by atoms with van der Waals surface area (Å²) in [4.78, 5) is 2.70. The Labute approximate surface area is 146 Å². The van der Waals surface area contributed by atoms with Gasteiger partial charge in [0.05, 0.1) is 11.4 Å². The molecule has 0 N–H and O–H groups in total. The van der Waals surface area contributed by atoms with Gasteiger partial charge in [0.2, 0.25) is 0 Å². The molecule has 1 aliphatic rings. The fraction of sp³-hybridized carbons (Fsp3) is 0.474. The molecule has 0 saturated carbocycles. The first-order valence-electron chi connectivity index (χ1n) is 8.55. The highest BCUT2D eigenvalue weighted by Gasteiger charge is 2.21. The van der Waals surface area contributed by atoms with E-state index in [4.69, 9.17) is 0 Å². The Kier molecular flexibility index (Phi) is 6.63. The van der Waals surface area contributed by atoms with Gasteiger partial charge in [-0.05, 0) is 45.4 Å². The van der Waals surface area contributed by atoms with E-state index in [2.05, 4.69) is 18.4 Å². The van der Waals surface area contributed by atoms with Crippen LogP contribution in [0.2, 0.25) is 0 Å². The molecule has 0 bridgehead atoms. The van der Waals surface area contributed by atoms with Gasteiger partial charge in [-0.15, -0.1) is 6.58 Å². The summed E-state index contributed by atoms with van der Waals surface area (Å²) < 4.78 is 26.9. The zero-order valence-corrected chi connectivity index (χ0v) is 15.5. The molecule has 4 nitrogen and oxygen atoms in total. The number of rotatable bonds is 7. The lowest BCUT2D eigenvalue weighted by Crippen LogP contribution is -2.37. The van der Waals surface area contributed by atoms with Gasteiger partial charge < -0.3 is 0 Å². The second-order valence-electron chi connectivity index (χ2n) is 6.40. The lowest BCUT2D eigenvalue weighted by atomic mass is 10.0. The molecule has 1 aromatic rings. The number of benzene rings is 1. The number of piperidine rings is 1. The summed E-state index contributed by atoms with van der Waals surface area (Å²) in [6.45, 7) is 9.98. The number of nitrogens with zero attached hydrogens (tertiary/aromatic N) is 2. The molecule has 0 spiro atoms. The Bertz CT molecular complexity index is 665. The quantitative estimate of drug-likeness (QED) is 0.708. The normalized spacial score (nSPS) is 19.5. The molecular formula is C19H28N2O2S. The van der Waals surface area contributed by atoms with E-state index in [1.807, 2.05) is 25.1 Å². The number of hydrogen-bond acceptors (Lipinski definition) is 3. The Morgan fingerprint density at radius 3 is 2.62 bits per heavy atom. The van der Waals surface area contributed by atoms with E-state index in [1.54, 1.807) is 24.4 Å². The molecule has 1 saturated heterocycles. The second kappa shape index (κ2) is 8.49. The highest BCUT2D eigenvalue weighted by molar-refractivity contribution is 7.89. The predicted molar refractivity (Wildman–Crippen MR) is 99.3 cm³/mol. The van der Waals surface area contributed by atoms with Crippen molar-refractivity contribution in [3.8, 4) is 0 Å². The third-order valence-corrected chi connectivity index (χ3v) is 6.24. The molecule has 1 heterocycles. The summed E-state index contributed by atoms with van der Waals surface area (Å²) in [6.07, 6.45) is 8.95. The van der Waals surface area contributed by atoms with Crippen molar-refractivity contribution in [2.45, 2.75) is 44.0 Å². The molecule has 0 aromatic heterocycles. The highest BCUT2D eigenvalue weighted by Crippen LogP contribution is 2.18. The van der Waals surface area contributed by atoms with Gasteiger partial charge in [0.15, 0.2) is 0 Å². The first kappa shape index (κ1) is 18.7. The van der Waals surface area contributed by atoms with Crippen LogP contribution in [0, 0.1) is 6.92 Å². The fourth-order valence-electron chi connectivity index (χ4n) is 2.94. The van der Waals surface area contributed by atoms with Crippen LogP contribution in [-0.4, -0.2) is 43.3 Å². The zero-order valence-electron chi connectivity index (χ0n) is 14.7.